The third-order valence-corrected chi connectivity index (χ3v) is 5.19. The lowest BCUT2D eigenvalue weighted by Crippen LogP contribution is -2.29. The number of aryl methyl sites for hydroxylation is 1. The Labute approximate surface area is 164 Å². The van der Waals surface area contributed by atoms with Crippen LogP contribution in [0.3, 0.4) is 0 Å². The van der Waals surface area contributed by atoms with Crippen LogP contribution in [0.5, 0.6) is 5.75 Å². The first kappa shape index (κ1) is 17.9. The van der Waals surface area contributed by atoms with Crippen LogP contribution in [0.4, 0.5) is 10.8 Å². The highest BCUT2D eigenvalue weighted by Gasteiger charge is 2.37. The number of thiazole rings is 1. The van der Waals surface area contributed by atoms with Crippen LogP contribution < -0.4 is 15.0 Å². The van der Waals surface area contributed by atoms with E-state index in [4.69, 9.17) is 4.74 Å². The molecular formula is C20H15N3O4S. The molecule has 7 nitrogen and oxygen atoms in total. The van der Waals surface area contributed by atoms with Gasteiger partial charge in [-0.25, -0.2) is 9.88 Å². The predicted molar refractivity (Wildman–Crippen MR) is 105 cm³/mol. The van der Waals surface area contributed by atoms with E-state index in [1.54, 1.807) is 24.3 Å². The summed E-state index contributed by atoms with van der Waals surface area (Å²) in [6.45, 7) is 1.83. The minimum absolute atomic E-state index is 0.198. The second-order valence-electron chi connectivity index (χ2n) is 6.15. The number of benzene rings is 2. The van der Waals surface area contributed by atoms with Gasteiger partial charge in [0.25, 0.3) is 17.7 Å². The van der Waals surface area contributed by atoms with Gasteiger partial charge in [0.15, 0.2) is 5.13 Å². The number of ether oxygens (including phenoxy) is 1. The Morgan fingerprint density at radius 2 is 1.79 bits per heavy atom. The van der Waals surface area contributed by atoms with Gasteiger partial charge in [-0.15, -0.1) is 11.3 Å². The highest BCUT2D eigenvalue weighted by atomic mass is 32.1. The monoisotopic (exact) mass is 393 g/mol. The molecule has 1 aliphatic heterocycles. The van der Waals surface area contributed by atoms with Crippen molar-refractivity contribution in [3.63, 3.8) is 0 Å². The van der Waals surface area contributed by atoms with Crippen molar-refractivity contribution in [2.75, 3.05) is 17.3 Å². The fourth-order valence-electron chi connectivity index (χ4n) is 2.93. The van der Waals surface area contributed by atoms with Crippen LogP contribution in [0, 0.1) is 6.92 Å². The summed E-state index contributed by atoms with van der Waals surface area (Å²) in [5.41, 5.74) is 2.00. The van der Waals surface area contributed by atoms with Gasteiger partial charge in [0.1, 0.15) is 5.75 Å². The molecule has 0 saturated carbocycles. The fourth-order valence-corrected chi connectivity index (χ4v) is 3.61. The Balaban J connectivity index is 1.62. The van der Waals surface area contributed by atoms with Crippen LogP contribution in [0.15, 0.2) is 47.8 Å². The number of carbonyl (C=O) groups excluding carboxylic acids is 3. The molecule has 3 aromatic rings. The van der Waals surface area contributed by atoms with Gasteiger partial charge in [0, 0.05) is 10.9 Å². The van der Waals surface area contributed by atoms with Crippen molar-refractivity contribution in [3.05, 3.63) is 70.2 Å². The lowest BCUT2D eigenvalue weighted by molar-refractivity contribution is 0.0925. The van der Waals surface area contributed by atoms with E-state index in [-0.39, 0.29) is 22.6 Å². The van der Waals surface area contributed by atoms with Crippen LogP contribution in [0.1, 0.15) is 36.8 Å². The average Bonchev–Trinajstić information content (AvgIpc) is 3.22. The maximum atomic E-state index is 12.8. The lowest BCUT2D eigenvalue weighted by Gasteiger charge is -2.14. The van der Waals surface area contributed by atoms with Crippen LogP contribution >= 0.6 is 11.3 Å². The van der Waals surface area contributed by atoms with Crippen LogP contribution in [0.2, 0.25) is 0 Å². The third kappa shape index (κ3) is 3.03. The zero-order valence-electron chi connectivity index (χ0n) is 15.1. The molecule has 0 fully saturated rings. The SMILES string of the molecule is COc1ccc(N2C(=O)c3ccc(C(=O)Nc4nc(C)cs4)cc3C2=O)cc1. The predicted octanol–water partition coefficient (Wildman–Crippen LogP) is 3.51. The molecule has 0 unspecified atom stereocenters. The number of fused-ring (bicyclic) bond motifs is 1. The first-order valence-corrected chi connectivity index (χ1v) is 9.26. The van der Waals surface area contributed by atoms with Crippen molar-refractivity contribution in [2.45, 2.75) is 6.92 Å². The fraction of sp³-hybridized carbons (Fsp3) is 0.100. The summed E-state index contributed by atoms with van der Waals surface area (Å²) in [6.07, 6.45) is 0. The van der Waals surface area contributed by atoms with E-state index in [1.165, 1.54) is 36.6 Å². The molecule has 0 atom stereocenters. The Hall–Kier alpha value is -3.52. The molecule has 2 aromatic carbocycles. The summed E-state index contributed by atoms with van der Waals surface area (Å²) in [5, 5.41) is 5.00. The van der Waals surface area contributed by atoms with E-state index in [0.29, 0.717) is 16.6 Å². The van der Waals surface area contributed by atoms with Crippen molar-refractivity contribution >= 4 is 39.9 Å². The lowest BCUT2D eigenvalue weighted by atomic mass is 10.1. The average molecular weight is 393 g/mol. The second kappa shape index (κ2) is 6.90. The summed E-state index contributed by atoms with van der Waals surface area (Å²) in [7, 11) is 1.54. The third-order valence-electron chi connectivity index (χ3n) is 4.32. The summed E-state index contributed by atoms with van der Waals surface area (Å²) in [4.78, 5) is 43.3. The molecule has 3 amide bonds. The number of carbonyl (C=O) groups is 3. The molecule has 1 N–H and O–H groups in total. The standard InChI is InChI=1S/C20H15N3O4S/c1-11-10-28-20(21-11)22-17(24)12-3-8-15-16(9-12)19(26)23(18(15)25)13-4-6-14(27-2)7-5-13/h3-10H,1-2H3,(H,21,22,24). The smallest absolute Gasteiger partial charge is 0.266 e. The first-order valence-electron chi connectivity index (χ1n) is 8.38. The van der Waals surface area contributed by atoms with Gasteiger partial charge in [-0.3, -0.25) is 19.7 Å². The van der Waals surface area contributed by atoms with Crippen molar-refractivity contribution in [3.8, 4) is 5.75 Å². The van der Waals surface area contributed by atoms with Gasteiger partial charge < -0.3 is 4.74 Å². The molecule has 0 aliphatic carbocycles. The number of hydrogen-bond donors (Lipinski definition) is 1. The Kier molecular flexibility index (Phi) is 4.40. The maximum absolute atomic E-state index is 12.8. The molecule has 140 valence electrons. The summed E-state index contributed by atoms with van der Waals surface area (Å²) >= 11 is 1.32. The molecule has 0 radical (unpaired) electrons. The van der Waals surface area contributed by atoms with Gasteiger partial charge >= 0.3 is 0 Å². The Morgan fingerprint density at radius 3 is 2.43 bits per heavy atom. The van der Waals surface area contributed by atoms with Crippen molar-refractivity contribution in [1.82, 2.24) is 4.98 Å². The summed E-state index contributed by atoms with van der Waals surface area (Å²) in [6, 6.07) is 11.1. The molecule has 0 spiro atoms. The molecule has 8 heteroatoms. The van der Waals surface area contributed by atoms with Gasteiger partial charge in [0.05, 0.1) is 29.6 Å². The van der Waals surface area contributed by atoms with E-state index in [1.807, 2.05) is 12.3 Å². The molecule has 1 aliphatic rings. The van der Waals surface area contributed by atoms with Crippen LogP contribution in [-0.2, 0) is 0 Å². The summed E-state index contributed by atoms with van der Waals surface area (Å²) in [5.74, 6) is -0.658. The number of rotatable bonds is 4. The normalized spacial score (nSPS) is 12.9. The number of anilines is 2. The minimum Gasteiger partial charge on any atom is -0.497 e. The van der Waals surface area contributed by atoms with Gasteiger partial charge in [-0.2, -0.15) is 0 Å². The van der Waals surface area contributed by atoms with E-state index < -0.39 is 11.8 Å². The largest absolute Gasteiger partial charge is 0.497 e. The maximum Gasteiger partial charge on any atom is 0.266 e. The molecule has 0 bridgehead atoms. The molecule has 0 saturated heterocycles. The Morgan fingerprint density at radius 1 is 1.07 bits per heavy atom. The molecule has 2 heterocycles. The van der Waals surface area contributed by atoms with Crippen molar-refractivity contribution < 1.29 is 19.1 Å². The number of hydrogen-bond acceptors (Lipinski definition) is 6. The quantitative estimate of drug-likeness (QED) is 0.685. The van der Waals surface area contributed by atoms with Crippen LogP contribution in [-0.4, -0.2) is 29.8 Å². The van der Waals surface area contributed by atoms with E-state index >= 15 is 0 Å². The number of nitrogens with one attached hydrogen (secondary N) is 1. The van der Waals surface area contributed by atoms with Gasteiger partial charge in [0.2, 0.25) is 0 Å². The molecule has 4 rings (SSSR count). The van der Waals surface area contributed by atoms with Crippen LogP contribution in [0.25, 0.3) is 0 Å². The number of nitrogens with zero attached hydrogens (tertiary/aromatic N) is 2. The van der Waals surface area contributed by atoms with E-state index in [2.05, 4.69) is 10.3 Å². The van der Waals surface area contributed by atoms with E-state index in [9.17, 15) is 14.4 Å². The minimum atomic E-state index is -0.468. The molecule has 1 aromatic heterocycles. The van der Waals surface area contributed by atoms with E-state index in [0.717, 1.165) is 10.6 Å². The number of imide groups is 1. The van der Waals surface area contributed by atoms with Crippen molar-refractivity contribution in [2.24, 2.45) is 0 Å². The van der Waals surface area contributed by atoms with Gasteiger partial charge in [-0.05, 0) is 49.4 Å². The summed E-state index contributed by atoms with van der Waals surface area (Å²) < 4.78 is 5.10. The van der Waals surface area contributed by atoms with Crippen molar-refractivity contribution in [1.29, 1.82) is 0 Å². The zero-order valence-corrected chi connectivity index (χ0v) is 15.9. The molecule has 28 heavy (non-hydrogen) atoms. The topological polar surface area (TPSA) is 88.6 Å². The highest BCUT2D eigenvalue weighted by molar-refractivity contribution is 7.13. The zero-order chi connectivity index (χ0) is 19.8. The number of aromatic nitrogens is 1. The second-order valence-corrected chi connectivity index (χ2v) is 7.01. The first-order chi connectivity index (χ1) is 13.5. The van der Waals surface area contributed by atoms with Gasteiger partial charge in [-0.1, -0.05) is 0 Å². The molecular weight excluding hydrogens is 378 g/mol. The Bertz CT molecular complexity index is 1100. The number of methoxy groups -OCH3 is 1. The highest BCUT2D eigenvalue weighted by Crippen LogP contribution is 2.30. The number of amides is 3.